The maximum Gasteiger partial charge on any atom is 0.123 e. The molecule has 1 aromatic rings. The molecule has 0 radical (unpaired) electrons. The van der Waals surface area contributed by atoms with Crippen LogP contribution in [0.2, 0.25) is 0 Å². The fourth-order valence-corrected chi connectivity index (χ4v) is 3.60. The third kappa shape index (κ3) is 3.70. The van der Waals surface area contributed by atoms with Crippen LogP contribution in [0.15, 0.2) is 0 Å². The zero-order chi connectivity index (χ0) is 15.5. The molecule has 2 fully saturated rings. The number of imidazole rings is 1. The van der Waals surface area contributed by atoms with Gasteiger partial charge in [0.15, 0.2) is 0 Å². The fraction of sp³-hybridized carbons (Fsp3) is 0.824. The van der Waals surface area contributed by atoms with Gasteiger partial charge in [0.25, 0.3) is 0 Å². The molecule has 3 heterocycles. The van der Waals surface area contributed by atoms with Gasteiger partial charge < -0.3 is 9.30 Å². The minimum Gasteiger partial charge on any atom is -0.379 e. The molecule has 0 amide bonds. The van der Waals surface area contributed by atoms with Gasteiger partial charge in [-0.3, -0.25) is 9.80 Å². The summed E-state index contributed by atoms with van der Waals surface area (Å²) < 4.78 is 7.68. The molecule has 0 aliphatic carbocycles. The summed E-state index contributed by atoms with van der Waals surface area (Å²) in [6.07, 6.45) is 2.64. The molecule has 0 atom stereocenters. The van der Waals surface area contributed by atoms with Crippen LogP contribution in [0.25, 0.3) is 0 Å². The molecule has 0 aromatic carbocycles. The summed E-state index contributed by atoms with van der Waals surface area (Å²) in [6, 6.07) is 0. The molecule has 3 rings (SSSR count). The third-order valence-electron chi connectivity index (χ3n) is 5.40. The molecular formula is C17H30N4O. The standard InChI is InChI=1S/C17H30N4O/c1-14-15(2)19(3)17(18-14)13-20-6-4-16(5-7-20)12-21-8-10-22-11-9-21/h16H,4-13H2,1-3H3. The highest BCUT2D eigenvalue weighted by atomic mass is 16.5. The average Bonchev–Trinajstić information content (AvgIpc) is 2.77. The summed E-state index contributed by atoms with van der Waals surface area (Å²) in [5.41, 5.74) is 2.46. The maximum absolute atomic E-state index is 5.44. The van der Waals surface area contributed by atoms with Gasteiger partial charge in [-0.25, -0.2) is 4.98 Å². The summed E-state index contributed by atoms with van der Waals surface area (Å²) in [7, 11) is 2.13. The number of aryl methyl sites for hydroxylation is 1. The van der Waals surface area contributed by atoms with Crippen molar-refractivity contribution in [3.63, 3.8) is 0 Å². The van der Waals surface area contributed by atoms with Crippen molar-refractivity contribution in [1.82, 2.24) is 19.4 Å². The molecule has 0 bridgehead atoms. The monoisotopic (exact) mass is 306 g/mol. The van der Waals surface area contributed by atoms with Gasteiger partial charge in [-0.2, -0.15) is 0 Å². The van der Waals surface area contributed by atoms with Gasteiger partial charge in [-0.15, -0.1) is 0 Å². The zero-order valence-corrected chi connectivity index (χ0v) is 14.3. The van der Waals surface area contributed by atoms with Crippen LogP contribution in [0.3, 0.4) is 0 Å². The van der Waals surface area contributed by atoms with Crippen molar-refractivity contribution in [3.8, 4) is 0 Å². The van der Waals surface area contributed by atoms with Crippen molar-refractivity contribution < 1.29 is 4.74 Å². The van der Waals surface area contributed by atoms with Crippen molar-refractivity contribution in [2.45, 2.75) is 33.2 Å². The zero-order valence-electron chi connectivity index (χ0n) is 14.3. The van der Waals surface area contributed by atoms with Crippen molar-refractivity contribution in [2.75, 3.05) is 45.9 Å². The largest absolute Gasteiger partial charge is 0.379 e. The summed E-state index contributed by atoms with van der Waals surface area (Å²) in [5.74, 6) is 2.07. The Morgan fingerprint density at radius 1 is 1.05 bits per heavy atom. The van der Waals surface area contributed by atoms with Gasteiger partial charge in [0.1, 0.15) is 5.82 Å². The van der Waals surface area contributed by atoms with E-state index in [0.29, 0.717) is 0 Å². The SMILES string of the molecule is Cc1nc(CN2CCC(CN3CCOCC3)CC2)n(C)c1C. The minimum absolute atomic E-state index is 0.860. The fourth-order valence-electron chi connectivity index (χ4n) is 3.60. The molecule has 5 nitrogen and oxygen atoms in total. The normalized spacial score (nSPS) is 22.3. The summed E-state index contributed by atoms with van der Waals surface area (Å²) in [5, 5.41) is 0. The number of hydrogen-bond donors (Lipinski definition) is 0. The number of aromatic nitrogens is 2. The van der Waals surface area contributed by atoms with Gasteiger partial charge in [0.2, 0.25) is 0 Å². The first-order valence-electron chi connectivity index (χ1n) is 8.64. The predicted molar refractivity (Wildman–Crippen MR) is 87.9 cm³/mol. The third-order valence-corrected chi connectivity index (χ3v) is 5.40. The second-order valence-electron chi connectivity index (χ2n) is 6.89. The second-order valence-corrected chi connectivity index (χ2v) is 6.89. The van der Waals surface area contributed by atoms with E-state index in [1.54, 1.807) is 0 Å². The lowest BCUT2D eigenvalue weighted by atomic mass is 9.96. The highest BCUT2D eigenvalue weighted by molar-refractivity contribution is 5.13. The molecule has 124 valence electrons. The van der Waals surface area contributed by atoms with E-state index in [1.165, 1.54) is 49.7 Å². The molecule has 0 N–H and O–H groups in total. The van der Waals surface area contributed by atoms with Crippen LogP contribution in [0.1, 0.15) is 30.1 Å². The lowest BCUT2D eigenvalue weighted by Gasteiger charge is -2.35. The molecule has 0 unspecified atom stereocenters. The number of piperidine rings is 1. The van der Waals surface area contributed by atoms with Crippen molar-refractivity contribution in [2.24, 2.45) is 13.0 Å². The smallest absolute Gasteiger partial charge is 0.123 e. The Morgan fingerprint density at radius 2 is 1.73 bits per heavy atom. The second kappa shape index (κ2) is 7.11. The lowest BCUT2D eigenvalue weighted by Crippen LogP contribution is -2.42. The van der Waals surface area contributed by atoms with Crippen molar-refractivity contribution >= 4 is 0 Å². The minimum atomic E-state index is 0.860. The quantitative estimate of drug-likeness (QED) is 0.846. The first-order chi connectivity index (χ1) is 10.6. The molecule has 2 aliphatic rings. The molecule has 0 saturated carbocycles. The van der Waals surface area contributed by atoms with Crippen LogP contribution in [-0.4, -0.2) is 65.3 Å². The first-order valence-corrected chi connectivity index (χ1v) is 8.64. The van der Waals surface area contributed by atoms with E-state index in [1.807, 2.05) is 0 Å². The Kier molecular flexibility index (Phi) is 5.16. The van der Waals surface area contributed by atoms with E-state index in [2.05, 4.69) is 35.3 Å². The van der Waals surface area contributed by atoms with Crippen LogP contribution in [0, 0.1) is 19.8 Å². The number of likely N-dealkylation sites (tertiary alicyclic amines) is 1. The molecule has 22 heavy (non-hydrogen) atoms. The highest BCUT2D eigenvalue weighted by Crippen LogP contribution is 2.21. The number of nitrogens with zero attached hydrogens (tertiary/aromatic N) is 4. The molecular weight excluding hydrogens is 276 g/mol. The van der Waals surface area contributed by atoms with Crippen molar-refractivity contribution in [3.05, 3.63) is 17.2 Å². The number of rotatable bonds is 4. The van der Waals surface area contributed by atoms with Crippen LogP contribution in [0.5, 0.6) is 0 Å². The lowest BCUT2D eigenvalue weighted by molar-refractivity contribution is 0.0240. The van der Waals surface area contributed by atoms with Crippen molar-refractivity contribution in [1.29, 1.82) is 0 Å². The van der Waals surface area contributed by atoms with Gasteiger partial charge in [0, 0.05) is 32.4 Å². The highest BCUT2D eigenvalue weighted by Gasteiger charge is 2.23. The Balaban J connectivity index is 1.46. The maximum atomic E-state index is 5.44. The Morgan fingerprint density at radius 3 is 2.32 bits per heavy atom. The Hall–Kier alpha value is -0.910. The Bertz CT molecular complexity index is 485. The van der Waals surface area contributed by atoms with Crippen LogP contribution >= 0.6 is 0 Å². The summed E-state index contributed by atoms with van der Waals surface area (Å²) in [6.45, 7) is 13.0. The molecule has 2 aliphatic heterocycles. The number of hydrogen-bond acceptors (Lipinski definition) is 4. The molecule has 0 spiro atoms. The summed E-state index contributed by atoms with van der Waals surface area (Å²) >= 11 is 0. The van der Waals surface area contributed by atoms with Crippen LogP contribution < -0.4 is 0 Å². The summed E-state index contributed by atoms with van der Waals surface area (Å²) in [4.78, 5) is 9.86. The average molecular weight is 306 g/mol. The van der Waals surface area contributed by atoms with Crippen LogP contribution in [0.4, 0.5) is 0 Å². The van der Waals surface area contributed by atoms with Gasteiger partial charge in [0.05, 0.1) is 25.5 Å². The van der Waals surface area contributed by atoms with E-state index in [4.69, 9.17) is 9.72 Å². The van der Waals surface area contributed by atoms with Crippen LogP contribution in [-0.2, 0) is 18.3 Å². The molecule has 1 aromatic heterocycles. The van der Waals surface area contributed by atoms with E-state index < -0.39 is 0 Å². The predicted octanol–water partition coefficient (Wildman–Crippen LogP) is 1.58. The van der Waals surface area contributed by atoms with E-state index in [9.17, 15) is 0 Å². The van der Waals surface area contributed by atoms with E-state index in [0.717, 1.165) is 38.8 Å². The Labute approximate surface area is 134 Å². The van der Waals surface area contributed by atoms with E-state index >= 15 is 0 Å². The topological polar surface area (TPSA) is 33.5 Å². The number of ether oxygens (including phenoxy) is 1. The molecule has 2 saturated heterocycles. The van der Waals surface area contributed by atoms with E-state index in [-0.39, 0.29) is 0 Å². The van der Waals surface area contributed by atoms with Gasteiger partial charge >= 0.3 is 0 Å². The van der Waals surface area contributed by atoms with Gasteiger partial charge in [-0.05, 0) is 45.7 Å². The first kappa shape index (κ1) is 16.0. The number of morpholine rings is 1. The molecule has 5 heteroatoms. The van der Waals surface area contributed by atoms with Gasteiger partial charge in [-0.1, -0.05) is 0 Å².